The van der Waals surface area contributed by atoms with E-state index in [0.717, 1.165) is 6.04 Å². The molecule has 0 radical (unpaired) electrons. The Morgan fingerprint density at radius 1 is 1.07 bits per heavy atom. The largest absolute Gasteiger partial charge is 0.307 e. The number of fused-ring (bicyclic) bond motifs is 1. The molecule has 1 aromatic rings. The Hall–Kier alpha value is -0.820. The van der Waals surface area contributed by atoms with Gasteiger partial charge in [-0.1, -0.05) is 37.1 Å². The molecule has 1 atom stereocenters. The Bertz CT molecular complexity index is 326. The second-order valence-electron chi connectivity index (χ2n) is 4.60. The van der Waals surface area contributed by atoms with Crippen LogP contribution >= 0.6 is 0 Å². The van der Waals surface area contributed by atoms with Gasteiger partial charge < -0.3 is 5.32 Å². The van der Waals surface area contributed by atoms with E-state index in [2.05, 4.69) is 29.6 Å². The van der Waals surface area contributed by atoms with Crippen molar-refractivity contribution in [3.63, 3.8) is 0 Å². The second-order valence-corrected chi connectivity index (χ2v) is 4.60. The summed E-state index contributed by atoms with van der Waals surface area (Å²) >= 11 is 0. The molecular formula is C13H17N. The maximum absolute atomic E-state index is 3.77. The summed E-state index contributed by atoms with van der Waals surface area (Å²) in [7, 11) is 0. The van der Waals surface area contributed by atoms with E-state index < -0.39 is 0 Å². The van der Waals surface area contributed by atoms with Crippen LogP contribution in [0, 0.1) is 0 Å². The maximum atomic E-state index is 3.77. The van der Waals surface area contributed by atoms with Crippen LogP contribution < -0.4 is 5.32 Å². The van der Waals surface area contributed by atoms with Gasteiger partial charge in [-0.25, -0.2) is 0 Å². The Kier molecular flexibility index (Phi) is 2.06. The minimum Gasteiger partial charge on any atom is -0.307 e. The first-order valence-electron chi connectivity index (χ1n) is 5.77. The van der Waals surface area contributed by atoms with E-state index in [4.69, 9.17) is 0 Å². The van der Waals surface area contributed by atoms with Crippen molar-refractivity contribution in [2.45, 2.75) is 44.2 Å². The van der Waals surface area contributed by atoms with Crippen molar-refractivity contribution in [2.75, 3.05) is 0 Å². The van der Waals surface area contributed by atoms with Crippen LogP contribution in [0.3, 0.4) is 0 Å². The smallest absolute Gasteiger partial charge is 0.0366 e. The summed E-state index contributed by atoms with van der Waals surface area (Å²) in [6, 6.07) is 10.3. The normalized spacial score (nSPS) is 25.9. The van der Waals surface area contributed by atoms with Crippen molar-refractivity contribution < 1.29 is 0 Å². The van der Waals surface area contributed by atoms with Crippen LogP contribution in [0.25, 0.3) is 0 Å². The van der Waals surface area contributed by atoms with Gasteiger partial charge in [-0.15, -0.1) is 0 Å². The molecule has 74 valence electrons. The summed E-state index contributed by atoms with van der Waals surface area (Å²) in [5, 5.41) is 3.77. The lowest BCUT2D eigenvalue weighted by Crippen LogP contribution is -2.37. The third-order valence-electron chi connectivity index (χ3n) is 3.65. The molecule has 0 heterocycles. The molecule has 1 N–H and O–H groups in total. The molecule has 14 heavy (non-hydrogen) atoms. The molecule has 1 aromatic carbocycles. The van der Waals surface area contributed by atoms with E-state index >= 15 is 0 Å². The summed E-state index contributed by atoms with van der Waals surface area (Å²) in [4.78, 5) is 0. The molecule has 1 unspecified atom stereocenters. The van der Waals surface area contributed by atoms with Gasteiger partial charge in [0.25, 0.3) is 0 Å². The Morgan fingerprint density at radius 2 is 1.86 bits per heavy atom. The molecule has 1 nitrogen and oxygen atoms in total. The van der Waals surface area contributed by atoms with Crippen molar-refractivity contribution in [2.24, 2.45) is 0 Å². The Labute approximate surface area is 85.5 Å². The average molecular weight is 187 g/mol. The quantitative estimate of drug-likeness (QED) is 0.750. The number of hydrogen-bond donors (Lipinski definition) is 1. The van der Waals surface area contributed by atoms with Crippen molar-refractivity contribution in [1.29, 1.82) is 0 Å². The first-order valence-corrected chi connectivity index (χ1v) is 5.77. The van der Waals surface area contributed by atoms with E-state index in [9.17, 15) is 0 Å². The Balaban J connectivity index is 1.67. The van der Waals surface area contributed by atoms with E-state index in [0.29, 0.717) is 6.04 Å². The molecule has 3 rings (SSSR count). The number of hydrogen-bond acceptors (Lipinski definition) is 1. The monoisotopic (exact) mass is 187 g/mol. The van der Waals surface area contributed by atoms with E-state index in [1.807, 2.05) is 0 Å². The van der Waals surface area contributed by atoms with Crippen LogP contribution in [0.2, 0.25) is 0 Å². The van der Waals surface area contributed by atoms with Crippen LogP contribution in [0.1, 0.15) is 42.9 Å². The lowest BCUT2D eigenvalue weighted by Gasteiger charge is -2.33. The standard InChI is InChI=1S/C13H17N/c1-4-8-12-10(5-1)9-13(12)14-11-6-2-3-7-11/h1,4-5,8,11,13-14H,2-3,6-7,9H2. The van der Waals surface area contributed by atoms with Gasteiger partial charge in [0.2, 0.25) is 0 Å². The predicted molar refractivity (Wildman–Crippen MR) is 58.3 cm³/mol. The molecule has 2 aliphatic rings. The highest BCUT2D eigenvalue weighted by Gasteiger charge is 2.28. The maximum Gasteiger partial charge on any atom is 0.0366 e. The minimum atomic E-state index is 0.661. The molecule has 2 aliphatic carbocycles. The third-order valence-corrected chi connectivity index (χ3v) is 3.65. The summed E-state index contributed by atoms with van der Waals surface area (Å²) in [5.41, 5.74) is 3.09. The van der Waals surface area contributed by atoms with Crippen LogP contribution in [0.15, 0.2) is 24.3 Å². The fourth-order valence-electron chi connectivity index (χ4n) is 2.78. The second kappa shape index (κ2) is 3.39. The van der Waals surface area contributed by atoms with Gasteiger partial charge in [-0.3, -0.25) is 0 Å². The van der Waals surface area contributed by atoms with Gasteiger partial charge in [-0.2, -0.15) is 0 Å². The van der Waals surface area contributed by atoms with Gasteiger partial charge in [0.1, 0.15) is 0 Å². The highest BCUT2D eigenvalue weighted by Crippen LogP contribution is 2.34. The lowest BCUT2D eigenvalue weighted by molar-refractivity contribution is 0.406. The summed E-state index contributed by atoms with van der Waals surface area (Å²) in [6.45, 7) is 0. The first-order chi connectivity index (χ1) is 6.93. The molecule has 1 fully saturated rings. The topological polar surface area (TPSA) is 12.0 Å². The molecule has 1 saturated carbocycles. The molecule has 0 saturated heterocycles. The van der Waals surface area contributed by atoms with Crippen LogP contribution in [0.5, 0.6) is 0 Å². The van der Waals surface area contributed by atoms with Crippen molar-refractivity contribution in [3.05, 3.63) is 35.4 Å². The van der Waals surface area contributed by atoms with Crippen molar-refractivity contribution >= 4 is 0 Å². The highest BCUT2D eigenvalue weighted by molar-refractivity contribution is 5.39. The highest BCUT2D eigenvalue weighted by atomic mass is 15.0. The number of benzene rings is 1. The molecular weight excluding hydrogens is 170 g/mol. The van der Waals surface area contributed by atoms with E-state index in [1.54, 1.807) is 11.1 Å². The minimum absolute atomic E-state index is 0.661. The molecule has 0 spiro atoms. The van der Waals surface area contributed by atoms with Crippen molar-refractivity contribution in [1.82, 2.24) is 5.32 Å². The SMILES string of the molecule is c1ccc2c(c1)CC2NC1CCCC1. The van der Waals surface area contributed by atoms with Gasteiger partial charge >= 0.3 is 0 Å². The molecule has 0 bridgehead atoms. The van der Waals surface area contributed by atoms with Gasteiger partial charge in [0.05, 0.1) is 0 Å². The zero-order chi connectivity index (χ0) is 9.38. The zero-order valence-corrected chi connectivity index (χ0v) is 8.50. The summed E-state index contributed by atoms with van der Waals surface area (Å²) in [6.07, 6.45) is 6.86. The van der Waals surface area contributed by atoms with E-state index in [-0.39, 0.29) is 0 Å². The van der Waals surface area contributed by atoms with Gasteiger partial charge in [0.15, 0.2) is 0 Å². The molecule has 0 amide bonds. The van der Waals surface area contributed by atoms with Crippen LogP contribution in [0.4, 0.5) is 0 Å². The first kappa shape index (κ1) is 8.49. The van der Waals surface area contributed by atoms with Crippen LogP contribution in [-0.2, 0) is 6.42 Å². The molecule has 0 aliphatic heterocycles. The molecule has 0 aromatic heterocycles. The molecule has 1 heteroatoms. The third kappa shape index (κ3) is 1.36. The number of rotatable bonds is 2. The lowest BCUT2D eigenvalue weighted by atomic mass is 9.83. The van der Waals surface area contributed by atoms with Gasteiger partial charge in [-0.05, 0) is 30.4 Å². The Morgan fingerprint density at radius 3 is 2.64 bits per heavy atom. The summed E-state index contributed by atoms with van der Waals surface area (Å²) < 4.78 is 0. The van der Waals surface area contributed by atoms with Crippen molar-refractivity contribution in [3.8, 4) is 0 Å². The van der Waals surface area contributed by atoms with E-state index in [1.165, 1.54) is 32.1 Å². The predicted octanol–water partition coefficient (Wildman–Crippen LogP) is 2.82. The fourth-order valence-corrected chi connectivity index (χ4v) is 2.78. The zero-order valence-electron chi connectivity index (χ0n) is 8.50. The average Bonchev–Trinajstić information content (AvgIpc) is 2.67. The van der Waals surface area contributed by atoms with Gasteiger partial charge in [0, 0.05) is 12.1 Å². The fraction of sp³-hybridized carbons (Fsp3) is 0.538. The van der Waals surface area contributed by atoms with Crippen LogP contribution in [-0.4, -0.2) is 6.04 Å². The number of nitrogens with one attached hydrogen (secondary N) is 1. The summed E-state index contributed by atoms with van der Waals surface area (Å²) in [5.74, 6) is 0.